The first-order valence-corrected chi connectivity index (χ1v) is 6.48. The minimum atomic E-state index is -1.29. The highest BCUT2D eigenvalue weighted by Crippen LogP contribution is 2.27. The van der Waals surface area contributed by atoms with Gasteiger partial charge in [-0.25, -0.2) is 9.18 Å². The summed E-state index contributed by atoms with van der Waals surface area (Å²) in [6.07, 6.45) is 0. The number of halogens is 1. The molecule has 4 nitrogen and oxygen atoms in total. The Morgan fingerprint density at radius 3 is 2.38 bits per heavy atom. The van der Waals surface area contributed by atoms with Gasteiger partial charge in [-0.05, 0) is 36.8 Å². The summed E-state index contributed by atoms with van der Waals surface area (Å²) < 4.78 is 24.6. The first kappa shape index (κ1) is 14.8. The second kappa shape index (κ2) is 6.74. The van der Waals surface area contributed by atoms with E-state index in [0.717, 1.165) is 6.07 Å². The molecule has 0 amide bonds. The standard InChI is InChI=1S/C16H15FO4/c1-2-20-14-5-3-4-6-15(14)21-10-11-7-8-12(16(18)19)13(17)9-11/h3-9H,2,10H2,1H3,(H,18,19). The minimum Gasteiger partial charge on any atom is -0.490 e. The molecule has 0 radical (unpaired) electrons. The van der Waals surface area contributed by atoms with Crippen molar-refractivity contribution in [3.63, 3.8) is 0 Å². The van der Waals surface area contributed by atoms with Crippen LogP contribution in [-0.2, 0) is 6.61 Å². The van der Waals surface area contributed by atoms with Crippen molar-refractivity contribution in [2.45, 2.75) is 13.5 Å². The Labute approximate surface area is 121 Å². The summed E-state index contributed by atoms with van der Waals surface area (Å²) in [5, 5.41) is 8.77. The van der Waals surface area contributed by atoms with E-state index in [1.54, 1.807) is 12.1 Å². The van der Waals surface area contributed by atoms with Crippen molar-refractivity contribution in [3.8, 4) is 11.5 Å². The maximum absolute atomic E-state index is 13.6. The summed E-state index contributed by atoms with van der Waals surface area (Å²) in [6, 6.07) is 11.1. The number of carboxylic acids is 1. The third-order valence-corrected chi connectivity index (χ3v) is 2.81. The summed E-state index contributed by atoms with van der Waals surface area (Å²) >= 11 is 0. The van der Waals surface area contributed by atoms with Crippen molar-refractivity contribution in [1.82, 2.24) is 0 Å². The van der Waals surface area contributed by atoms with Gasteiger partial charge in [0.1, 0.15) is 12.4 Å². The van der Waals surface area contributed by atoms with E-state index in [2.05, 4.69) is 0 Å². The van der Waals surface area contributed by atoms with E-state index in [9.17, 15) is 9.18 Å². The molecule has 0 heterocycles. The lowest BCUT2D eigenvalue weighted by Crippen LogP contribution is -2.03. The zero-order chi connectivity index (χ0) is 15.2. The molecule has 0 unspecified atom stereocenters. The van der Waals surface area contributed by atoms with Gasteiger partial charge in [0.25, 0.3) is 0 Å². The third-order valence-electron chi connectivity index (χ3n) is 2.81. The fraction of sp³-hybridized carbons (Fsp3) is 0.188. The molecule has 5 heteroatoms. The molecule has 0 saturated heterocycles. The monoisotopic (exact) mass is 290 g/mol. The second-order valence-corrected chi connectivity index (χ2v) is 4.29. The van der Waals surface area contributed by atoms with E-state index in [4.69, 9.17) is 14.6 Å². The van der Waals surface area contributed by atoms with Crippen molar-refractivity contribution in [1.29, 1.82) is 0 Å². The van der Waals surface area contributed by atoms with Gasteiger partial charge < -0.3 is 14.6 Å². The lowest BCUT2D eigenvalue weighted by atomic mass is 10.1. The van der Waals surface area contributed by atoms with Crippen LogP contribution in [0.3, 0.4) is 0 Å². The Bertz CT molecular complexity index is 640. The van der Waals surface area contributed by atoms with Crippen LogP contribution in [0.4, 0.5) is 4.39 Å². The zero-order valence-electron chi connectivity index (χ0n) is 11.5. The van der Waals surface area contributed by atoms with Crippen LogP contribution < -0.4 is 9.47 Å². The Hall–Kier alpha value is -2.56. The Morgan fingerprint density at radius 2 is 1.81 bits per heavy atom. The normalized spacial score (nSPS) is 10.2. The number of ether oxygens (including phenoxy) is 2. The van der Waals surface area contributed by atoms with E-state index >= 15 is 0 Å². The maximum Gasteiger partial charge on any atom is 0.338 e. The van der Waals surface area contributed by atoms with Crippen LogP contribution in [0.25, 0.3) is 0 Å². The van der Waals surface area contributed by atoms with Gasteiger partial charge in [-0.2, -0.15) is 0 Å². The van der Waals surface area contributed by atoms with Crippen LogP contribution in [-0.4, -0.2) is 17.7 Å². The quantitative estimate of drug-likeness (QED) is 0.884. The van der Waals surface area contributed by atoms with Gasteiger partial charge in [0.15, 0.2) is 11.5 Å². The maximum atomic E-state index is 13.6. The molecule has 0 aliphatic heterocycles. The van der Waals surface area contributed by atoms with Gasteiger partial charge in [0.2, 0.25) is 0 Å². The number of hydrogen-bond acceptors (Lipinski definition) is 3. The highest BCUT2D eigenvalue weighted by atomic mass is 19.1. The van der Waals surface area contributed by atoms with E-state index in [0.29, 0.717) is 23.7 Å². The van der Waals surface area contributed by atoms with Crippen LogP contribution in [0.1, 0.15) is 22.8 Å². The molecule has 2 aromatic rings. The Balaban J connectivity index is 2.10. The van der Waals surface area contributed by atoms with Gasteiger partial charge in [0, 0.05) is 0 Å². The number of carboxylic acid groups (broad SMARTS) is 1. The molecule has 0 aromatic heterocycles. The Kier molecular flexibility index (Phi) is 4.77. The molecule has 2 aromatic carbocycles. The molecule has 0 bridgehead atoms. The summed E-state index contributed by atoms with van der Waals surface area (Å²) in [6.45, 7) is 2.51. The Morgan fingerprint density at radius 1 is 1.14 bits per heavy atom. The highest BCUT2D eigenvalue weighted by molar-refractivity contribution is 5.87. The predicted molar refractivity (Wildman–Crippen MR) is 75.3 cm³/mol. The lowest BCUT2D eigenvalue weighted by molar-refractivity contribution is 0.0692. The molecule has 0 fully saturated rings. The molecule has 1 N–H and O–H groups in total. The number of benzene rings is 2. The highest BCUT2D eigenvalue weighted by Gasteiger charge is 2.11. The lowest BCUT2D eigenvalue weighted by Gasteiger charge is -2.11. The van der Waals surface area contributed by atoms with Crippen LogP contribution in [0, 0.1) is 5.82 Å². The zero-order valence-corrected chi connectivity index (χ0v) is 11.5. The van der Waals surface area contributed by atoms with Gasteiger partial charge in [-0.1, -0.05) is 18.2 Å². The fourth-order valence-corrected chi connectivity index (χ4v) is 1.83. The van der Waals surface area contributed by atoms with Crippen LogP contribution in [0.2, 0.25) is 0 Å². The molecule has 0 aliphatic carbocycles. The first-order valence-electron chi connectivity index (χ1n) is 6.48. The number of hydrogen-bond donors (Lipinski definition) is 1. The van der Waals surface area contributed by atoms with Crippen molar-refractivity contribution < 1.29 is 23.8 Å². The van der Waals surface area contributed by atoms with E-state index < -0.39 is 11.8 Å². The van der Waals surface area contributed by atoms with E-state index in [1.807, 2.05) is 19.1 Å². The first-order chi connectivity index (χ1) is 10.1. The van der Waals surface area contributed by atoms with Gasteiger partial charge in [-0.3, -0.25) is 0 Å². The van der Waals surface area contributed by atoms with Crippen molar-refractivity contribution in [2.24, 2.45) is 0 Å². The van der Waals surface area contributed by atoms with E-state index in [1.165, 1.54) is 12.1 Å². The largest absolute Gasteiger partial charge is 0.490 e. The fourth-order valence-electron chi connectivity index (χ4n) is 1.83. The van der Waals surface area contributed by atoms with E-state index in [-0.39, 0.29) is 12.2 Å². The molecular formula is C16H15FO4. The van der Waals surface area contributed by atoms with Gasteiger partial charge in [0.05, 0.1) is 12.2 Å². The van der Waals surface area contributed by atoms with Crippen LogP contribution in [0.5, 0.6) is 11.5 Å². The van der Waals surface area contributed by atoms with Crippen LogP contribution in [0.15, 0.2) is 42.5 Å². The summed E-state index contributed by atoms with van der Waals surface area (Å²) in [7, 11) is 0. The SMILES string of the molecule is CCOc1ccccc1OCc1ccc(C(=O)O)c(F)c1. The molecule has 0 atom stereocenters. The number of aromatic carboxylic acids is 1. The molecule has 21 heavy (non-hydrogen) atoms. The average molecular weight is 290 g/mol. The summed E-state index contributed by atoms with van der Waals surface area (Å²) in [5.74, 6) is -0.895. The van der Waals surface area contributed by atoms with Gasteiger partial charge in [-0.15, -0.1) is 0 Å². The predicted octanol–water partition coefficient (Wildman–Crippen LogP) is 3.50. The van der Waals surface area contributed by atoms with Gasteiger partial charge >= 0.3 is 5.97 Å². The number of carbonyl (C=O) groups is 1. The van der Waals surface area contributed by atoms with Crippen molar-refractivity contribution in [2.75, 3.05) is 6.61 Å². The smallest absolute Gasteiger partial charge is 0.338 e. The molecule has 2 rings (SSSR count). The third kappa shape index (κ3) is 3.72. The minimum absolute atomic E-state index is 0.126. The summed E-state index contributed by atoms with van der Waals surface area (Å²) in [4.78, 5) is 10.7. The van der Waals surface area contributed by atoms with Crippen LogP contribution >= 0.6 is 0 Å². The number of para-hydroxylation sites is 2. The molecule has 110 valence electrons. The topological polar surface area (TPSA) is 55.8 Å². The molecule has 0 aliphatic rings. The summed E-state index contributed by atoms with van der Waals surface area (Å²) in [5.41, 5.74) is 0.192. The molecular weight excluding hydrogens is 275 g/mol. The van der Waals surface area contributed by atoms with Crippen molar-refractivity contribution in [3.05, 3.63) is 59.4 Å². The molecule has 0 saturated carbocycles. The number of rotatable bonds is 6. The second-order valence-electron chi connectivity index (χ2n) is 4.29. The van der Waals surface area contributed by atoms with Crippen molar-refractivity contribution >= 4 is 5.97 Å². The average Bonchev–Trinajstić information content (AvgIpc) is 2.46. The molecule has 0 spiro atoms.